The Kier molecular flexibility index (Phi) is 6.18. The van der Waals surface area contributed by atoms with E-state index in [0.717, 1.165) is 31.0 Å². The van der Waals surface area contributed by atoms with Gasteiger partial charge in [-0.1, -0.05) is 26.1 Å². The third-order valence-corrected chi connectivity index (χ3v) is 2.97. The summed E-state index contributed by atoms with van der Waals surface area (Å²) in [6.45, 7) is 7.23. The van der Waals surface area contributed by atoms with Gasteiger partial charge in [-0.15, -0.1) is 0 Å². The van der Waals surface area contributed by atoms with Crippen molar-refractivity contribution in [2.24, 2.45) is 11.7 Å². The Bertz CT molecular complexity index is 418. The van der Waals surface area contributed by atoms with Crippen LogP contribution in [0.4, 0.5) is 5.82 Å². The summed E-state index contributed by atoms with van der Waals surface area (Å²) in [4.78, 5) is 9.30. The maximum Gasteiger partial charge on any atom is 0.138 e. The molecule has 1 rings (SSSR count). The van der Waals surface area contributed by atoms with Crippen molar-refractivity contribution in [1.82, 2.24) is 9.88 Å². The van der Waals surface area contributed by atoms with Gasteiger partial charge in [0, 0.05) is 25.8 Å². The number of thiocarbonyl (C=S) groups is 1. The van der Waals surface area contributed by atoms with Crippen molar-refractivity contribution < 1.29 is 0 Å². The van der Waals surface area contributed by atoms with Gasteiger partial charge < -0.3 is 15.5 Å². The SMILES string of the molecule is CC(C)CN(CCN(C)C)c1ncccc1C(N)=S. The smallest absolute Gasteiger partial charge is 0.138 e. The van der Waals surface area contributed by atoms with Crippen LogP contribution in [0.3, 0.4) is 0 Å². The van der Waals surface area contributed by atoms with Crippen LogP contribution in [0, 0.1) is 5.92 Å². The van der Waals surface area contributed by atoms with Crippen LogP contribution in [0.25, 0.3) is 0 Å². The average molecular weight is 280 g/mol. The molecule has 19 heavy (non-hydrogen) atoms. The second kappa shape index (κ2) is 7.40. The van der Waals surface area contributed by atoms with E-state index >= 15 is 0 Å². The second-order valence-corrected chi connectivity index (χ2v) is 5.82. The first-order chi connectivity index (χ1) is 8.91. The molecule has 0 aliphatic rings. The van der Waals surface area contributed by atoms with Crippen LogP contribution in [0.15, 0.2) is 18.3 Å². The fourth-order valence-corrected chi connectivity index (χ4v) is 2.05. The molecule has 0 fully saturated rings. The number of likely N-dealkylation sites (N-methyl/N-ethyl adjacent to an activating group) is 1. The fourth-order valence-electron chi connectivity index (χ4n) is 1.89. The van der Waals surface area contributed by atoms with Crippen LogP contribution in [-0.4, -0.2) is 48.6 Å². The molecular weight excluding hydrogens is 256 g/mol. The van der Waals surface area contributed by atoms with Gasteiger partial charge in [-0.3, -0.25) is 0 Å². The number of anilines is 1. The van der Waals surface area contributed by atoms with E-state index in [2.05, 4.69) is 42.7 Å². The summed E-state index contributed by atoms with van der Waals surface area (Å²) in [5.74, 6) is 1.45. The van der Waals surface area contributed by atoms with Gasteiger partial charge in [0.1, 0.15) is 10.8 Å². The van der Waals surface area contributed by atoms with Gasteiger partial charge in [-0.2, -0.15) is 0 Å². The molecule has 5 heteroatoms. The molecule has 4 nitrogen and oxygen atoms in total. The number of aromatic nitrogens is 1. The van der Waals surface area contributed by atoms with Crippen LogP contribution in [0.2, 0.25) is 0 Å². The molecular formula is C14H24N4S. The molecule has 0 atom stereocenters. The molecule has 0 unspecified atom stereocenters. The number of hydrogen-bond donors (Lipinski definition) is 1. The number of pyridine rings is 1. The number of nitrogens with zero attached hydrogens (tertiary/aromatic N) is 3. The Hall–Kier alpha value is -1.20. The summed E-state index contributed by atoms with van der Waals surface area (Å²) in [7, 11) is 4.14. The molecule has 1 heterocycles. The first kappa shape index (κ1) is 15.9. The first-order valence-corrected chi connectivity index (χ1v) is 6.97. The van der Waals surface area contributed by atoms with Gasteiger partial charge in [-0.05, 0) is 32.1 Å². The predicted molar refractivity (Wildman–Crippen MR) is 85.7 cm³/mol. The molecule has 1 aromatic rings. The van der Waals surface area contributed by atoms with Gasteiger partial charge in [0.25, 0.3) is 0 Å². The topological polar surface area (TPSA) is 45.4 Å². The lowest BCUT2D eigenvalue weighted by atomic mass is 10.1. The monoisotopic (exact) mass is 280 g/mol. The fraction of sp³-hybridized carbons (Fsp3) is 0.571. The summed E-state index contributed by atoms with van der Waals surface area (Å²) in [6.07, 6.45) is 1.79. The van der Waals surface area contributed by atoms with Crippen LogP contribution in [-0.2, 0) is 0 Å². The number of nitrogens with two attached hydrogens (primary N) is 1. The zero-order chi connectivity index (χ0) is 14.4. The molecule has 0 radical (unpaired) electrons. The maximum absolute atomic E-state index is 5.79. The molecule has 0 aliphatic carbocycles. The molecule has 0 bridgehead atoms. The van der Waals surface area contributed by atoms with Crippen molar-refractivity contribution in [2.75, 3.05) is 38.6 Å². The second-order valence-electron chi connectivity index (χ2n) is 5.38. The van der Waals surface area contributed by atoms with Gasteiger partial charge in [0.05, 0.1) is 5.56 Å². The highest BCUT2D eigenvalue weighted by Gasteiger charge is 2.15. The van der Waals surface area contributed by atoms with E-state index < -0.39 is 0 Å². The number of rotatable bonds is 7. The zero-order valence-electron chi connectivity index (χ0n) is 12.3. The lowest BCUT2D eigenvalue weighted by molar-refractivity contribution is 0.408. The lowest BCUT2D eigenvalue weighted by Crippen LogP contribution is -2.36. The van der Waals surface area contributed by atoms with E-state index in [1.165, 1.54) is 0 Å². The minimum Gasteiger partial charge on any atom is -0.389 e. The maximum atomic E-state index is 5.79. The van der Waals surface area contributed by atoms with Crippen LogP contribution in [0.5, 0.6) is 0 Å². The van der Waals surface area contributed by atoms with E-state index in [0.29, 0.717) is 10.9 Å². The summed E-state index contributed by atoms with van der Waals surface area (Å²) >= 11 is 5.12. The van der Waals surface area contributed by atoms with Crippen molar-refractivity contribution in [3.8, 4) is 0 Å². The largest absolute Gasteiger partial charge is 0.389 e. The highest BCUT2D eigenvalue weighted by atomic mass is 32.1. The third kappa shape index (κ3) is 5.12. The third-order valence-electron chi connectivity index (χ3n) is 2.75. The average Bonchev–Trinajstić information content (AvgIpc) is 2.33. The molecule has 0 amide bonds. The van der Waals surface area contributed by atoms with E-state index in [-0.39, 0.29) is 0 Å². The van der Waals surface area contributed by atoms with E-state index in [4.69, 9.17) is 18.0 Å². The van der Waals surface area contributed by atoms with Gasteiger partial charge in [0.2, 0.25) is 0 Å². The molecule has 2 N–H and O–H groups in total. The highest BCUT2D eigenvalue weighted by Crippen LogP contribution is 2.18. The summed E-state index contributed by atoms with van der Waals surface area (Å²) in [5.41, 5.74) is 6.65. The lowest BCUT2D eigenvalue weighted by Gasteiger charge is -2.28. The van der Waals surface area contributed by atoms with Crippen LogP contribution >= 0.6 is 12.2 Å². The Labute approximate surface area is 121 Å². The molecule has 1 aromatic heterocycles. The Morgan fingerprint density at radius 1 is 1.37 bits per heavy atom. The molecule has 0 saturated carbocycles. The standard InChI is InChI=1S/C14H24N4S/c1-11(2)10-18(9-8-17(3)4)14-12(13(15)19)6-5-7-16-14/h5-7,11H,8-10H2,1-4H3,(H2,15,19). The van der Waals surface area contributed by atoms with Crippen LogP contribution < -0.4 is 10.6 Å². The van der Waals surface area contributed by atoms with Crippen molar-refractivity contribution in [1.29, 1.82) is 0 Å². The molecule has 0 aliphatic heterocycles. The van der Waals surface area contributed by atoms with E-state index in [9.17, 15) is 0 Å². The van der Waals surface area contributed by atoms with E-state index in [1.807, 2.05) is 12.1 Å². The Morgan fingerprint density at radius 3 is 2.58 bits per heavy atom. The molecule has 0 aromatic carbocycles. The summed E-state index contributed by atoms with van der Waals surface area (Å²) in [6, 6.07) is 3.81. The minimum atomic E-state index is 0.404. The van der Waals surface area contributed by atoms with Crippen molar-refractivity contribution >= 4 is 23.0 Å². The minimum absolute atomic E-state index is 0.404. The normalized spacial score (nSPS) is 11.1. The zero-order valence-corrected chi connectivity index (χ0v) is 13.1. The van der Waals surface area contributed by atoms with Crippen molar-refractivity contribution in [3.63, 3.8) is 0 Å². The number of hydrogen-bond acceptors (Lipinski definition) is 4. The van der Waals surface area contributed by atoms with Crippen molar-refractivity contribution in [3.05, 3.63) is 23.9 Å². The Balaban J connectivity index is 2.99. The first-order valence-electron chi connectivity index (χ1n) is 6.56. The highest BCUT2D eigenvalue weighted by molar-refractivity contribution is 7.80. The summed E-state index contributed by atoms with van der Waals surface area (Å²) < 4.78 is 0. The molecule has 0 spiro atoms. The predicted octanol–water partition coefficient (Wildman–Crippen LogP) is 1.74. The van der Waals surface area contributed by atoms with Gasteiger partial charge in [0.15, 0.2) is 0 Å². The van der Waals surface area contributed by atoms with Crippen molar-refractivity contribution in [2.45, 2.75) is 13.8 Å². The quantitative estimate of drug-likeness (QED) is 0.771. The van der Waals surface area contributed by atoms with Crippen LogP contribution in [0.1, 0.15) is 19.4 Å². The van der Waals surface area contributed by atoms with Gasteiger partial charge in [-0.25, -0.2) is 4.98 Å². The molecule has 106 valence electrons. The Morgan fingerprint density at radius 2 is 2.05 bits per heavy atom. The van der Waals surface area contributed by atoms with E-state index in [1.54, 1.807) is 6.20 Å². The summed E-state index contributed by atoms with van der Waals surface area (Å²) in [5, 5.41) is 0. The van der Waals surface area contributed by atoms with Gasteiger partial charge >= 0.3 is 0 Å². The molecule has 0 saturated heterocycles.